The van der Waals surface area contributed by atoms with Gasteiger partial charge in [0.2, 0.25) is 0 Å². The number of nitrogens with zero attached hydrogens (tertiary/aromatic N) is 1. The lowest BCUT2D eigenvalue weighted by Crippen LogP contribution is -2.25. The Morgan fingerprint density at radius 1 is 1.23 bits per heavy atom. The maximum absolute atomic E-state index is 9.29. The summed E-state index contributed by atoms with van der Waals surface area (Å²) in [6.07, 6.45) is 4.09. The van der Waals surface area contributed by atoms with Gasteiger partial charge >= 0.3 is 0 Å². The van der Waals surface area contributed by atoms with Crippen molar-refractivity contribution in [2.24, 2.45) is 0 Å². The van der Waals surface area contributed by atoms with Gasteiger partial charge in [0.25, 0.3) is 0 Å². The molecule has 120 valence electrons. The van der Waals surface area contributed by atoms with E-state index in [-0.39, 0.29) is 5.41 Å². The van der Waals surface area contributed by atoms with Crippen LogP contribution < -0.4 is 5.32 Å². The van der Waals surface area contributed by atoms with E-state index in [1.165, 1.54) is 15.4 Å². The number of aromatic hydroxyl groups is 1. The second-order valence-electron chi connectivity index (χ2n) is 6.87. The molecule has 1 unspecified atom stereocenters. The molecular weight excluding hydrogens is 292 g/mol. The summed E-state index contributed by atoms with van der Waals surface area (Å²) in [7, 11) is 0. The van der Waals surface area contributed by atoms with Gasteiger partial charge in [0.15, 0.2) is 0 Å². The molecule has 0 saturated heterocycles. The highest BCUT2D eigenvalue weighted by atomic mass is 32.1. The highest BCUT2D eigenvalue weighted by Gasteiger charge is 2.17. The van der Waals surface area contributed by atoms with E-state index in [1.54, 1.807) is 23.5 Å². The van der Waals surface area contributed by atoms with E-state index in [0.29, 0.717) is 11.8 Å². The normalized spacial score (nSPS) is 13.3. The quantitative estimate of drug-likeness (QED) is 0.836. The maximum atomic E-state index is 9.29. The lowest BCUT2D eigenvalue weighted by Gasteiger charge is -2.14. The van der Waals surface area contributed by atoms with Crippen molar-refractivity contribution in [3.8, 4) is 5.75 Å². The third-order valence-corrected chi connectivity index (χ3v) is 5.05. The Hall–Kier alpha value is -1.39. The first-order valence-corrected chi connectivity index (χ1v) is 8.63. The van der Waals surface area contributed by atoms with Gasteiger partial charge in [-0.3, -0.25) is 0 Å². The molecule has 0 radical (unpaired) electrons. The average molecular weight is 318 g/mol. The number of phenols is 1. The monoisotopic (exact) mass is 318 g/mol. The standard InChI is InChI=1S/C18H26N2OS/c1-13(5-6-14-7-9-15(21)10-8-14)19-11-16-12-20-17(22-16)18(2,3)4/h7-10,12-13,19,21H,5-6,11H2,1-4H3. The van der Waals surface area contributed by atoms with Crippen LogP contribution in [0.5, 0.6) is 5.75 Å². The number of hydrogen-bond donors (Lipinski definition) is 2. The number of phenolic OH excluding ortho intramolecular Hbond substituents is 1. The van der Waals surface area contributed by atoms with Crippen LogP contribution in [0.4, 0.5) is 0 Å². The fraction of sp³-hybridized carbons (Fsp3) is 0.500. The average Bonchev–Trinajstić information content (AvgIpc) is 2.93. The molecule has 0 spiro atoms. The van der Waals surface area contributed by atoms with E-state index in [1.807, 2.05) is 18.3 Å². The molecule has 0 aliphatic rings. The third-order valence-electron chi connectivity index (χ3n) is 3.62. The molecule has 3 nitrogen and oxygen atoms in total. The van der Waals surface area contributed by atoms with Crippen molar-refractivity contribution < 1.29 is 5.11 Å². The number of aromatic nitrogens is 1. The number of hydrogen-bond acceptors (Lipinski definition) is 4. The summed E-state index contributed by atoms with van der Waals surface area (Å²) >= 11 is 1.80. The van der Waals surface area contributed by atoms with Gasteiger partial charge in [-0.25, -0.2) is 4.98 Å². The molecule has 0 bridgehead atoms. The molecule has 2 rings (SSSR count). The molecule has 0 saturated carbocycles. The fourth-order valence-electron chi connectivity index (χ4n) is 2.16. The van der Waals surface area contributed by atoms with E-state index in [9.17, 15) is 5.11 Å². The van der Waals surface area contributed by atoms with Crippen LogP contribution >= 0.6 is 11.3 Å². The van der Waals surface area contributed by atoms with Crippen molar-refractivity contribution in [2.75, 3.05) is 0 Å². The third kappa shape index (κ3) is 5.11. The van der Waals surface area contributed by atoms with Gasteiger partial charge in [0.05, 0.1) is 5.01 Å². The van der Waals surface area contributed by atoms with Crippen LogP contribution in [0.15, 0.2) is 30.5 Å². The van der Waals surface area contributed by atoms with Crippen LogP contribution in [0.2, 0.25) is 0 Å². The first-order chi connectivity index (χ1) is 10.3. The van der Waals surface area contributed by atoms with Crippen molar-refractivity contribution in [3.63, 3.8) is 0 Å². The van der Waals surface area contributed by atoms with Gasteiger partial charge in [-0.05, 0) is 37.5 Å². The molecule has 4 heteroatoms. The summed E-state index contributed by atoms with van der Waals surface area (Å²) in [6.45, 7) is 9.69. The second kappa shape index (κ2) is 7.25. The number of aryl methyl sites for hydroxylation is 1. The molecule has 0 fully saturated rings. The minimum absolute atomic E-state index is 0.132. The Labute approximate surface area is 137 Å². The lowest BCUT2D eigenvalue weighted by atomic mass is 9.98. The molecule has 0 aliphatic heterocycles. The highest BCUT2D eigenvalue weighted by Crippen LogP contribution is 2.26. The zero-order valence-corrected chi connectivity index (χ0v) is 14.7. The van der Waals surface area contributed by atoms with Crippen molar-refractivity contribution in [3.05, 3.63) is 45.9 Å². The predicted octanol–water partition coefficient (Wildman–Crippen LogP) is 4.26. The Kier molecular flexibility index (Phi) is 5.59. The van der Waals surface area contributed by atoms with Gasteiger partial charge in [-0.1, -0.05) is 32.9 Å². The van der Waals surface area contributed by atoms with Crippen LogP contribution in [0.25, 0.3) is 0 Å². The zero-order chi connectivity index (χ0) is 16.2. The maximum Gasteiger partial charge on any atom is 0.115 e. The SMILES string of the molecule is CC(CCc1ccc(O)cc1)NCc1cnc(C(C)(C)C)s1. The van der Waals surface area contributed by atoms with Gasteiger partial charge < -0.3 is 10.4 Å². The van der Waals surface area contributed by atoms with Crippen molar-refractivity contribution in [2.45, 2.75) is 58.5 Å². The van der Waals surface area contributed by atoms with E-state index in [4.69, 9.17) is 0 Å². The van der Waals surface area contributed by atoms with Gasteiger partial charge in [0.1, 0.15) is 5.75 Å². The number of nitrogens with one attached hydrogen (secondary N) is 1. The summed E-state index contributed by atoms with van der Waals surface area (Å²) in [6, 6.07) is 7.92. The van der Waals surface area contributed by atoms with Gasteiger partial charge in [-0.2, -0.15) is 0 Å². The minimum Gasteiger partial charge on any atom is -0.508 e. The smallest absolute Gasteiger partial charge is 0.115 e. The number of benzene rings is 1. The Morgan fingerprint density at radius 2 is 1.91 bits per heavy atom. The summed E-state index contributed by atoms with van der Waals surface area (Å²) in [4.78, 5) is 5.82. The van der Waals surface area contributed by atoms with Gasteiger partial charge in [0, 0.05) is 29.1 Å². The van der Waals surface area contributed by atoms with Gasteiger partial charge in [-0.15, -0.1) is 11.3 Å². The summed E-state index contributed by atoms with van der Waals surface area (Å²) in [5.74, 6) is 0.328. The first kappa shape index (κ1) is 17.0. The first-order valence-electron chi connectivity index (χ1n) is 7.81. The van der Waals surface area contributed by atoms with E-state index in [2.05, 4.69) is 38.0 Å². The van der Waals surface area contributed by atoms with E-state index in [0.717, 1.165) is 19.4 Å². The highest BCUT2D eigenvalue weighted by molar-refractivity contribution is 7.11. The predicted molar refractivity (Wildman–Crippen MR) is 93.5 cm³/mol. The number of thiazole rings is 1. The Bertz CT molecular complexity index is 584. The van der Waals surface area contributed by atoms with Crippen LogP contribution in [0.3, 0.4) is 0 Å². The molecule has 22 heavy (non-hydrogen) atoms. The summed E-state index contributed by atoms with van der Waals surface area (Å²) < 4.78 is 0. The van der Waals surface area contributed by atoms with Crippen molar-refractivity contribution in [1.29, 1.82) is 0 Å². The zero-order valence-electron chi connectivity index (χ0n) is 13.9. The summed E-state index contributed by atoms with van der Waals surface area (Å²) in [5.41, 5.74) is 1.40. The Balaban J connectivity index is 1.76. The van der Waals surface area contributed by atoms with E-state index < -0.39 is 0 Å². The van der Waals surface area contributed by atoms with E-state index >= 15 is 0 Å². The fourth-order valence-corrected chi connectivity index (χ4v) is 3.08. The Morgan fingerprint density at radius 3 is 2.50 bits per heavy atom. The second-order valence-corrected chi connectivity index (χ2v) is 7.98. The molecule has 1 heterocycles. The van der Waals surface area contributed by atoms with Crippen LogP contribution in [0, 0.1) is 0 Å². The molecule has 1 aromatic heterocycles. The van der Waals surface area contributed by atoms with Crippen LogP contribution in [0.1, 0.15) is 49.6 Å². The van der Waals surface area contributed by atoms with Crippen molar-refractivity contribution in [1.82, 2.24) is 10.3 Å². The molecule has 1 atom stereocenters. The molecule has 1 aromatic carbocycles. The van der Waals surface area contributed by atoms with Crippen LogP contribution in [-0.4, -0.2) is 16.1 Å². The molecule has 2 N–H and O–H groups in total. The summed E-state index contributed by atoms with van der Waals surface area (Å²) in [5, 5.41) is 14.0. The molecule has 0 aliphatic carbocycles. The molecule has 2 aromatic rings. The topological polar surface area (TPSA) is 45.1 Å². The number of rotatable bonds is 6. The minimum atomic E-state index is 0.132. The lowest BCUT2D eigenvalue weighted by molar-refractivity contribution is 0.474. The molecular formula is C18H26N2OS. The van der Waals surface area contributed by atoms with Crippen molar-refractivity contribution >= 4 is 11.3 Å². The van der Waals surface area contributed by atoms with Crippen LogP contribution in [-0.2, 0) is 18.4 Å². The largest absolute Gasteiger partial charge is 0.508 e. The molecule has 0 amide bonds.